The molecule has 4 heterocycles. The van der Waals surface area contributed by atoms with Crippen LogP contribution in [-0.2, 0) is 21.7 Å². The highest BCUT2D eigenvalue weighted by atomic mass is 16.6. The summed E-state index contributed by atoms with van der Waals surface area (Å²) in [5, 5.41) is 2.65. The predicted molar refractivity (Wildman–Crippen MR) is 218 cm³/mol. The SMILES string of the molecule is CC1(c2cc(C3(C)CCCCC3)c3cc4c5c6c3c2OC(=O)N6c2cccc3c2B5c2c(cccc2C42CCCCC2)C32CCCCC2)CCCCC1. The van der Waals surface area contributed by atoms with Crippen LogP contribution < -0.4 is 26.0 Å². The molecule has 0 saturated heterocycles. The number of carbonyl (C=O) groups excluding carboxylic acids is 1. The van der Waals surface area contributed by atoms with E-state index in [0.717, 1.165) is 11.4 Å². The van der Waals surface area contributed by atoms with Crippen LogP contribution in [0.25, 0.3) is 10.8 Å². The van der Waals surface area contributed by atoms with Crippen molar-refractivity contribution in [1.82, 2.24) is 0 Å². The van der Waals surface area contributed by atoms with Crippen LogP contribution in [-0.4, -0.2) is 12.8 Å². The molecule has 4 aliphatic carbocycles. The van der Waals surface area contributed by atoms with Gasteiger partial charge in [0.2, 0.25) is 6.71 Å². The monoisotopic (exact) mass is 699 g/mol. The summed E-state index contributed by atoms with van der Waals surface area (Å²) < 4.78 is 6.89. The Balaban J connectivity index is 1.27. The number of amides is 1. The second kappa shape index (κ2) is 10.8. The third-order valence-corrected chi connectivity index (χ3v) is 17.0. The Kier molecular flexibility index (Phi) is 6.49. The molecular formula is C49H54BNO2. The Labute approximate surface area is 316 Å². The van der Waals surface area contributed by atoms with Gasteiger partial charge in [0.05, 0.1) is 5.69 Å². The highest BCUT2D eigenvalue weighted by molar-refractivity contribution is 7.00. The summed E-state index contributed by atoms with van der Waals surface area (Å²) in [5.41, 5.74) is 16.1. The maximum atomic E-state index is 15.1. The smallest absolute Gasteiger partial charge is 0.409 e. The van der Waals surface area contributed by atoms with Crippen LogP contribution in [0.1, 0.15) is 176 Å². The maximum Gasteiger partial charge on any atom is 0.424 e. The van der Waals surface area contributed by atoms with E-state index in [-0.39, 0.29) is 34.5 Å². The molecule has 1 amide bonds. The molecule has 0 aromatic heterocycles. The molecule has 0 unspecified atom stereocenters. The van der Waals surface area contributed by atoms with Gasteiger partial charge in [-0.1, -0.05) is 139 Å². The summed E-state index contributed by atoms with van der Waals surface area (Å²) in [4.78, 5) is 17.2. The summed E-state index contributed by atoms with van der Waals surface area (Å²) in [5.74, 6) is 0.905. The molecule has 270 valence electrons. The molecule has 4 fully saturated rings. The first-order chi connectivity index (χ1) is 25.9. The summed E-state index contributed by atoms with van der Waals surface area (Å²) in [6.45, 7) is 5.24. The first-order valence-corrected chi connectivity index (χ1v) is 21.9. The van der Waals surface area contributed by atoms with Crippen LogP contribution in [0, 0.1) is 0 Å². The highest BCUT2D eigenvalue weighted by Gasteiger charge is 2.59. The molecule has 4 aliphatic heterocycles. The van der Waals surface area contributed by atoms with Gasteiger partial charge in [0.25, 0.3) is 0 Å². The number of benzene rings is 4. The van der Waals surface area contributed by atoms with E-state index in [2.05, 4.69) is 67.3 Å². The first kappa shape index (κ1) is 31.8. The van der Waals surface area contributed by atoms with Gasteiger partial charge in [-0.25, -0.2) is 9.69 Å². The number of nitrogens with zero attached hydrogens (tertiary/aromatic N) is 1. The lowest BCUT2D eigenvalue weighted by Gasteiger charge is -2.56. The van der Waals surface area contributed by atoms with Gasteiger partial charge < -0.3 is 4.74 Å². The van der Waals surface area contributed by atoms with E-state index in [4.69, 9.17) is 4.74 Å². The van der Waals surface area contributed by atoms with Crippen molar-refractivity contribution in [2.45, 2.75) is 164 Å². The van der Waals surface area contributed by atoms with Gasteiger partial charge in [0.1, 0.15) is 5.75 Å². The topological polar surface area (TPSA) is 29.5 Å². The molecule has 0 bridgehead atoms. The molecule has 4 aromatic rings. The fraction of sp³-hybridized carbons (Fsp3) is 0.531. The third kappa shape index (κ3) is 3.87. The predicted octanol–water partition coefficient (Wildman–Crippen LogP) is 10.9. The van der Waals surface area contributed by atoms with Crippen molar-refractivity contribution in [2.24, 2.45) is 0 Å². The van der Waals surface area contributed by atoms with E-state index in [1.807, 2.05) is 0 Å². The molecule has 0 radical (unpaired) electrons. The minimum absolute atomic E-state index is 0.00886. The van der Waals surface area contributed by atoms with Crippen molar-refractivity contribution in [3.63, 3.8) is 0 Å². The van der Waals surface area contributed by atoms with E-state index in [0.29, 0.717) is 0 Å². The average molecular weight is 700 g/mol. The van der Waals surface area contributed by atoms with Crippen molar-refractivity contribution < 1.29 is 9.53 Å². The van der Waals surface area contributed by atoms with Gasteiger partial charge in [0, 0.05) is 27.5 Å². The molecule has 12 rings (SSSR count). The van der Waals surface area contributed by atoms with E-state index in [1.54, 1.807) is 27.7 Å². The zero-order valence-electron chi connectivity index (χ0n) is 32.1. The fourth-order valence-corrected chi connectivity index (χ4v) is 14.5. The normalized spacial score (nSPS) is 24.8. The zero-order chi connectivity index (χ0) is 35.3. The van der Waals surface area contributed by atoms with Crippen LogP contribution in [0.4, 0.5) is 16.2 Å². The summed E-state index contributed by atoms with van der Waals surface area (Å²) >= 11 is 0. The molecule has 53 heavy (non-hydrogen) atoms. The van der Waals surface area contributed by atoms with Crippen LogP contribution in [0.15, 0.2) is 48.5 Å². The van der Waals surface area contributed by atoms with E-state index in [1.165, 1.54) is 167 Å². The third-order valence-electron chi connectivity index (χ3n) is 17.0. The molecule has 0 atom stereocenters. The van der Waals surface area contributed by atoms with Crippen molar-refractivity contribution >= 4 is 51.3 Å². The molecule has 3 nitrogen and oxygen atoms in total. The minimum Gasteiger partial charge on any atom is -0.409 e. The standard InChI is InChI=1S/C49H54BNO2/c1-46(21-7-3-8-22-46)35-30-37(47(2)23-9-4-10-24-47)44-39-31(35)29-36-42-43(39)51(45(52)53-44)38-20-16-19-34-41(38)50(42)40-32(48(34)25-11-5-12-26-48)17-15-18-33(40)49(36)27-13-6-14-28-49/h15-20,29-30H,3-14,21-28H2,1-2H3. The highest BCUT2D eigenvalue weighted by Crippen LogP contribution is 2.59. The summed E-state index contributed by atoms with van der Waals surface area (Å²) in [6, 6.07) is 19.9. The molecule has 2 spiro atoms. The molecule has 4 heteroatoms. The number of anilines is 2. The van der Waals surface area contributed by atoms with Crippen molar-refractivity contribution in [2.75, 3.05) is 4.90 Å². The molecule has 0 N–H and O–H groups in total. The van der Waals surface area contributed by atoms with Gasteiger partial charge in [-0.2, -0.15) is 0 Å². The Morgan fingerprint density at radius 3 is 1.66 bits per heavy atom. The molecule has 4 saturated carbocycles. The maximum absolute atomic E-state index is 15.1. The number of carbonyl (C=O) groups is 1. The van der Waals surface area contributed by atoms with Gasteiger partial charge >= 0.3 is 6.09 Å². The molecule has 8 aliphatic rings. The van der Waals surface area contributed by atoms with Crippen LogP contribution >= 0.6 is 0 Å². The van der Waals surface area contributed by atoms with Gasteiger partial charge in [-0.15, -0.1) is 0 Å². The van der Waals surface area contributed by atoms with Crippen LogP contribution in [0.5, 0.6) is 5.75 Å². The summed E-state index contributed by atoms with van der Waals surface area (Å²) in [6.07, 6.45) is 24.9. The van der Waals surface area contributed by atoms with E-state index in [9.17, 15) is 0 Å². The summed E-state index contributed by atoms with van der Waals surface area (Å²) in [7, 11) is 0. The number of rotatable bonds is 2. The number of hydrogen-bond donors (Lipinski definition) is 0. The van der Waals surface area contributed by atoms with Gasteiger partial charge in [0.15, 0.2) is 0 Å². The fourth-order valence-electron chi connectivity index (χ4n) is 14.5. The van der Waals surface area contributed by atoms with Crippen LogP contribution in [0.2, 0.25) is 0 Å². The number of hydrogen-bond acceptors (Lipinski definition) is 2. The lowest BCUT2D eigenvalue weighted by molar-refractivity contribution is 0.207. The Bertz CT molecular complexity index is 2260. The second-order valence-corrected chi connectivity index (χ2v) is 19.6. The van der Waals surface area contributed by atoms with Gasteiger partial charge in [-0.3, -0.25) is 0 Å². The number of fused-ring (bicyclic) bond motifs is 5. The Morgan fingerprint density at radius 2 is 1.06 bits per heavy atom. The van der Waals surface area contributed by atoms with Crippen molar-refractivity contribution in [1.29, 1.82) is 0 Å². The van der Waals surface area contributed by atoms with Crippen molar-refractivity contribution in [3.05, 3.63) is 81.9 Å². The van der Waals surface area contributed by atoms with E-state index < -0.39 is 0 Å². The number of ether oxygens (including phenoxy) is 1. The van der Waals surface area contributed by atoms with Gasteiger partial charge in [-0.05, 0) is 112 Å². The quantitative estimate of drug-likeness (QED) is 0.195. The van der Waals surface area contributed by atoms with Crippen molar-refractivity contribution in [3.8, 4) is 5.75 Å². The minimum atomic E-state index is -0.184. The van der Waals surface area contributed by atoms with E-state index >= 15 is 4.79 Å². The molecular weight excluding hydrogens is 645 g/mol. The lowest BCUT2D eigenvalue weighted by atomic mass is 9.25. The molecule has 4 aromatic carbocycles. The Hall–Kier alpha value is -3.53. The lowest BCUT2D eigenvalue weighted by Crippen LogP contribution is -2.71. The first-order valence-electron chi connectivity index (χ1n) is 21.9. The van der Waals surface area contributed by atoms with Crippen LogP contribution in [0.3, 0.4) is 0 Å². The Morgan fingerprint density at radius 1 is 0.547 bits per heavy atom. The largest absolute Gasteiger partial charge is 0.424 e. The zero-order valence-corrected chi connectivity index (χ0v) is 32.1. The second-order valence-electron chi connectivity index (χ2n) is 19.6. The average Bonchev–Trinajstić information content (AvgIpc) is 3.19.